The molecule has 26 heavy (non-hydrogen) atoms. The first kappa shape index (κ1) is 16.2. The van der Waals surface area contributed by atoms with Gasteiger partial charge in [0, 0.05) is 16.8 Å². The van der Waals surface area contributed by atoms with Gasteiger partial charge in [0.05, 0.1) is 17.8 Å². The van der Waals surface area contributed by atoms with Crippen molar-refractivity contribution in [2.45, 2.75) is 6.54 Å². The largest absolute Gasteiger partial charge is 0.350 e. The molecule has 1 aliphatic rings. The van der Waals surface area contributed by atoms with E-state index in [1.54, 1.807) is 18.3 Å². The van der Waals surface area contributed by atoms with Gasteiger partial charge in [-0.1, -0.05) is 30.3 Å². The number of hydrogen-bond donors (Lipinski definition) is 1. The number of aromatic nitrogens is 1. The van der Waals surface area contributed by atoms with Gasteiger partial charge in [-0.15, -0.1) is 11.3 Å². The van der Waals surface area contributed by atoms with Crippen molar-refractivity contribution in [1.82, 2.24) is 9.88 Å². The van der Waals surface area contributed by atoms with Crippen LogP contribution in [0.4, 0.5) is 5.69 Å². The van der Waals surface area contributed by atoms with Crippen LogP contribution >= 0.6 is 11.3 Å². The van der Waals surface area contributed by atoms with Gasteiger partial charge in [-0.3, -0.25) is 19.5 Å². The predicted octanol–water partition coefficient (Wildman–Crippen LogP) is 3.54. The lowest BCUT2D eigenvalue weighted by atomic mass is 10.2. The number of benzene rings is 1. The zero-order chi connectivity index (χ0) is 17.9. The summed E-state index contributed by atoms with van der Waals surface area (Å²) < 4.78 is 0. The van der Waals surface area contributed by atoms with E-state index < -0.39 is 0 Å². The van der Waals surface area contributed by atoms with E-state index in [1.807, 2.05) is 53.9 Å². The average Bonchev–Trinajstić information content (AvgIpc) is 3.27. The molecule has 0 bridgehead atoms. The lowest BCUT2D eigenvalue weighted by molar-refractivity contribution is -0.137. The summed E-state index contributed by atoms with van der Waals surface area (Å²) in [5.74, 6) is -0.644. The van der Waals surface area contributed by atoms with Crippen LogP contribution in [0.15, 0.2) is 77.9 Å². The Bertz CT molecular complexity index is 967. The summed E-state index contributed by atoms with van der Waals surface area (Å²) in [7, 11) is 0. The quantitative estimate of drug-likeness (QED) is 0.706. The van der Waals surface area contributed by atoms with E-state index in [0.29, 0.717) is 17.0 Å². The first-order chi connectivity index (χ1) is 12.7. The lowest BCUT2D eigenvalue weighted by Gasteiger charge is -2.14. The van der Waals surface area contributed by atoms with E-state index in [-0.39, 0.29) is 18.4 Å². The molecule has 3 heterocycles. The molecule has 0 radical (unpaired) electrons. The number of nitrogens with one attached hydrogen (secondary N) is 1. The summed E-state index contributed by atoms with van der Waals surface area (Å²) in [6, 6.07) is 18.5. The van der Waals surface area contributed by atoms with Crippen LogP contribution < -0.4 is 5.32 Å². The van der Waals surface area contributed by atoms with Crippen LogP contribution in [0.25, 0.3) is 5.57 Å². The summed E-state index contributed by atoms with van der Waals surface area (Å²) in [6.07, 6.45) is 1.65. The molecule has 1 N–H and O–H groups in total. The summed E-state index contributed by atoms with van der Waals surface area (Å²) in [5, 5.41) is 5.02. The predicted molar refractivity (Wildman–Crippen MR) is 101 cm³/mol. The molecule has 6 heteroatoms. The Morgan fingerprint density at radius 2 is 1.73 bits per heavy atom. The van der Waals surface area contributed by atoms with Crippen LogP contribution in [-0.4, -0.2) is 21.7 Å². The molecule has 5 nitrogen and oxygen atoms in total. The van der Waals surface area contributed by atoms with Crippen molar-refractivity contribution in [3.05, 3.63) is 88.5 Å². The summed E-state index contributed by atoms with van der Waals surface area (Å²) in [6.45, 7) is 0.146. The van der Waals surface area contributed by atoms with Crippen molar-refractivity contribution in [3.63, 3.8) is 0 Å². The molecule has 1 aromatic carbocycles. The maximum Gasteiger partial charge on any atom is 0.278 e. The van der Waals surface area contributed by atoms with Gasteiger partial charge in [0.2, 0.25) is 0 Å². The van der Waals surface area contributed by atoms with Gasteiger partial charge in [-0.05, 0) is 35.7 Å². The standard InChI is InChI=1S/C20H15N3O2S/c24-19-17(16-10-6-12-26-16)18(22-14-7-2-1-3-8-14)20(25)23(19)13-15-9-4-5-11-21-15/h1-12,22H,13H2. The van der Waals surface area contributed by atoms with Crippen LogP contribution in [0.3, 0.4) is 0 Å². The number of thiophene rings is 1. The Balaban J connectivity index is 1.71. The van der Waals surface area contributed by atoms with Gasteiger partial charge in [-0.2, -0.15) is 0 Å². The fraction of sp³-hybridized carbons (Fsp3) is 0.0500. The minimum Gasteiger partial charge on any atom is -0.350 e. The number of para-hydroxylation sites is 1. The zero-order valence-corrected chi connectivity index (χ0v) is 14.6. The second kappa shape index (κ2) is 6.93. The van der Waals surface area contributed by atoms with E-state index in [4.69, 9.17) is 0 Å². The molecular weight excluding hydrogens is 346 g/mol. The average molecular weight is 361 g/mol. The number of imide groups is 1. The number of pyridine rings is 1. The highest BCUT2D eigenvalue weighted by Gasteiger charge is 2.39. The molecular formula is C20H15N3O2S. The monoisotopic (exact) mass is 361 g/mol. The molecule has 0 fully saturated rings. The first-order valence-corrected chi connectivity index (χ1v) is 8.98. The topological polar surface area (TPSA) is 62.3 Å². The molecule has 1 aliphatic heterocycles. The van der Waals surface area contributed by atoms with Crippen LogP contribution in [-0.2, 0) is 16.1 Å². The van der Waals surface area contributed by atoms with Crippen molar-refractivity contribution in [2.24, 2.45) is 0 Å². The number of rotatable bonds is 5. The first-order valence-electron chi connectivity index (χ1n) is 8.10. The van der Waals surface area contributed by atoms with Crippen molar-refractivity contribution in [1.29, 1.82) is 0 Å². The van der Waals surface area contributed by atoms with Crippen molar-refractivity contribution in [2.75, 3.05) is 5.32 Å². The normalized spacial score (nSPS) is 14.2. The Hall–Kier alpha value is -3.25. The third-order valence-corrected chi connectivity index (χ3v) is 4.91. The molecule has 0 atom stereocenters. The summed E-state index contributed by atoms with van der Waals surface area (Å²) in [4.78, 5) is 32.2. The Morgan fingerprint density at radius 1 is 0.923 bits per heavy atom. The van der Waals surface area contributed by atoms with Crippen LogP contribution in [0, 0.1) is 0 Å². The second-order valence-corrected chi connectivity index (χ2v) is 6.68. The molecule has 2 amide bonds. The second-order valence-electron chi connectivity index (χ2n) is 5.74. The Labute approximate surface area is 154 Å². The molecule has 0 saturated carbocycles. The fourth-order valence-corrected chi connectivity index (χ4v) is 3.57. The summed E-state index contributed by atoms with van der Waals surface area (Å²) >= 11 is 1.44. The van der Waals surface area contributed by atoms with Gasteiger partial charge in [0.25, 0.3) is 11.8 Å². The molecule has 2 aromatic heterocycles. The molecule has 0 saturated heterocycles. The third-order valence-electron chi connectivity index (χ3n) is 4.02. The van der Waals surface area contributed by atoms with Crippen molar-refractivity contribution >= 4 is 34.4 Å². The highest BCUT2D eigenvalue weighted by Crippen LogP contribution is 2.33. The highest BCUT2D eigenvalue weighted by atomic mass is 32.1. The smallest absolute Gasteiger partial charge is 0.278 e. The van der Waals surface area contributed by atoms with Crippen LogP contribution in [0.1, 0.15) is 10.6 Å². The van der Waals surface area contributed by atoms with Crippen molar-refractivity contribution < 1.29 is 9.59 Å². The lowest BCUT2D eigenvalue weighted by Crippen LogP contribution is -2.32. The van der Waals surface area contributed by atoms with Gasteiger partial charge in [0.15, 0.2) is 0 Å². The zero-order valence-electron chi connectivity index (χ0n) is 13.8. The van der Waals surface area contributed by atoms with Crippen LogP contribution in [0.5, 0.6) is 0 Å². The molecule has 0 spiro atoms. The number of carbonyl (C=O) groups is 2. The van der Waals surface area contributed by atoms with Crippen LogP contribution in [0.2, 0.25) is 0 Å². The number of hydrogen-bond acceptors (Lipinski definition) is 5. The SMILES string of the molecule is O=C1C(Nc2ccccc2)=C(c2cccs2)C(=O)N1Cc1ccccn1. The highest BCUT2D eigenvalue weighted by molar-refractivity contribution is 7.11. The maximum absolute atomic E-state index is 13.0. The van der Waals surface area contributed by atoms with E-state index >= 15 is 0 Å². The van der Waals surface area contributed by atoms with E-state index in [2.05, 4.69) is 10.3 Å². The minimum absolute atomic E-state index is 0.146. The fourth-order valence-electron chi connectivity index (χ4n) is 2.80. The third kappa shape index (κ3) is 3.02. The van der Waals surface area contributed by atoms with Crippen molar-refractivity contribution in [3.8, 4) is 0 Å². The molecule has 3 aromatic rings. The van der Waals surface area contributed by atoms with E-state index in [1.165, 1.54) is 16.2 Å². The van der Waals surface area contributed by atoms with E-state index in [9.17, 15) is 9.59 Å². The summed E-state index contributed by atoms with van der Waals surface area (Å²) in [5.41, 5.74) is 2.14. The molecule has 0 aliphatic carbocycles. The van der Waals surface area contributed by atoms with Gasteiger partial charge in [0.1, 0.15) is 5.70 Å². The Kier molecular flexibility index (Phi) is 4.33. The number of anilines is 1. The molecule has 128 valence electrons. The Morgan fingerprint density at radius 3 is 2.42 bits per heavy atom. The number of carbonyl (C=O) groups excluding carboxylic acids is 2. The maximum atomic E-state index is 13.0. The molecule has 0 unspecified atom stereocenters. The molecule has 4 rings (SSSR count). The number of nitrogens with zero attached hydrogens (tertiary/aromatic N) is 2. The van der Waals surface area contributed by atoms with E-state index in [0.717, 1.165) is 10.6 Å². The van der Waals surface area contributed by atoms with Gasteiger partial charge in [-0.25, -0.2) is 0 Å². The number of amides is 2. The van der Waals surface area contributed by atoms with Gasteiger partial charge >= 0.3 is 0 Å². The van der Waals surface area contributed by atoms with Gasteiger partial charge < -0.3 is 5.32 Å². The minimum atomic E-state index is -0.340.